The number of phenols is 1. The highest BCUT2D eigenvalue weighted by atomic mass is 16.5. The molecule has 0 bridgehead atoms. The highest BCUT2D eigenvalue weighted by Gasteiger charge is 2.30. The molecule has 0 spiro atoms. The van der Waals surface area contributed by atoms with Crippen LogP contribution in [0.15, 0.2) is 35.8 Å². The first-order valence-electron chi connectivity index (χ1n) is 10.8. The number of rotatable bonds is 6. The number of anilines is 1. The molecule has 34 heavy (non-hydrogen) atoms. The number of hydrogen-bond acceptors (Lipinski definition) is 8. The van der Waals surface area contributed by atoms with Crippen molar-refractivity contribution in [2.45, 2.75) is 25.9 Å². The molecule has 4 rings (SSSR count). The number of carbonyl (C=O) groups excluding carboxylic acids is 1. The minimum Gasteiger partial charge on any atom is -0.508 e. The zero-order chi connectivity index (χ0) is 24.6. The van der Waals surface area contributed by atoms with E-state index in [2.05, 4.69) is 27.2 Å². The summed E-state index contributed by atoms with van der Waals surface area (Å²) in [4.78, 5) is 34.0. The van der Waals surface area contributed by atoms with Crippen molar-refractivity contribution in [1.82, 2.24) is 19.9 Å². The second kappa shape index (κ2) is 9.14. The lowest BCUT2D eigenvalue weighted by molar-refractivity contribution is -0.117. The van der Waals surface area contributed by atoms with Gasteiger partial charge in [-0.3, -0.25) is 14.2 Å². The van der Waals surface area contributed by atoms with Gasteiger partial charge in [-0.25, -0.2) is 4.98 Å². The van der Waals surface area contributed by atoms with Crippen LogP contribution in [0.5, 0.6) is 11.5 Å². The van der Waals surface area contributed by atoms with Gasteiger partial charge in [0.25, 0.3) is 5.56 Å². The van der Waals surface area contributed by atoms with Crippen LogP contribution in [-0.4, -0.2) is 58.0 Å². The summed E-state index contributed by atoms with van der Waals surface area (Å²) in [6.07, 6.45) is 2.84. The lowest BCUT2D eigenvalue weighted by Gasteiger charge is -2.20. The standard InChI is InChI=1S/C24H27N5O5/c1-6-20(31)26-16-10-34-11-17(16)27-24-25-9-14-7-15(23(32)29(4)22(14)28-24)21-12(2)18(30)8-19(33-5)13(21)3/h6-9,16-17,30H,1,10-11H2,2-5H3,(H,26,31)(H,25,27,28). The monoisotopic (exact) mass is 465 g/mol. The van der Waals surface area contributed by atoms with Crippen molar-refractivity contribution >= 4 is 22.9 Å². The van der Waals surface area contributed by atoms with E-state index in [1.807, 2.05) is 6.92 Å². The molecule has 2 aromatic heterocycles. The number of benzene rings is 1. The molecule has 0 radical (unpaired) electrons. The average Bonchev–Trinajstić information content (AvgIpc) is 3.25. The zero-order valence-corrected chi connectivity index (χ0v) is 19.5. The summed E-state index contributed by atoms with van der Waals surface area (Å²) in [6.45, 7) is 7.81. The Morgan fingerprint density at radius 1 is 1.29 bits per heavy atom. The number of amides is 1. The first kappa shape index (κ1) is 23.2. The van der Waals surface area contributed by atoms with Crippen molar-refractivity contribution in [2.24, 2.45) is 7.05 Å². The molecule has 3 heterocycles. The Labute approximate surface area is 196 Å². The molecule has 3 N–H and O–H groups in total. The number of hydrogen-bond donors (Lipinski definition) is 3. The van der Waals surface area contributed by atoms with E-state index in [1.165, 1.54) is 23.8 Å². The third kappa shape index (κ3) is 4.08. The van der Waals surface area contributed by atoms with E-state index in [4.69, 9.17) is 9.47 Å². The van der Waals surface area contributed by atoms with Crippen molar-refractivity contribution in [3.8, 4) is 22.6 Å². The Hall–Kier alpha value is -3.92. The van der Waals surface area contributed by atoms with Crippen molar-refractivity contribution < 1.29 is 19.4 Å². The highest BCUT2D eigenvalue weighted by molar-refractivity contribution is 5.87. The maximum atomic E-state index is 13.3. The molecule has 1 saturated heterocycles. The van der Waals surface area contributed by atoms with E-state index in [1.54, 1.807) is 26.2 Å². The zero-order valence-electron chi connectivity index (χ0n) is 19.5. The molecular weight excluding hydrogens is 438 g/mol. The van der Waals surface area contributed by atoms with Crippen LogP contribution in [-0.2, 0) is 16.6 Å². The number of ether oxygens (including phenoxy) is 2. The van der Waals surface area contributed by atoms with Gasteiger partial charge in [-0.2, -0.15) is 4.98 Å². The number of nitrogens with one attached hydrogen (secondary N) is 2. The molecule has 178 valence electrons. The van der Waals surface area contributed by atoms with E-state index in [9.17, 15) is 14.7 Å². The first-order chi connectivity index (χ1) is 16.2. The summed E-state index contributed by atoms with van der Waals surface area (Å²) < 4.78 is 12.3. The van der Waals surface area contributed by atoms with Gasteiger partial charge in [-0.05, 0) is 37.1 Å². The molecule has 1 aliphatic heterocycles. The molecule has 3 aromatic rings. The van der Waals surface area contributed by atoms with Crippen molar-refractivity contribution in [2.75, 3.05) is 25.6 Å². The van der Waals surface area contributed by atoms with E-state index in [0.717, 1.165) is 5.56 Å². The van der Waals surface area contributed by atoms with E-state index < -0.39 is 0 Å². The van der Waals surface area contributed by atoms with Gasteiger partial charge in [0.15, 0.2) is 0 Å². The van der Waals surface area contributed by atoms with Crippen LogP contribution < -0.4 is 20.9 Å². The lowest BCUT2D eigenvalue weighted by atomic mass is 9.94. The van der Waals surface area contributed by atoms with Crippen LogP contribution in [0.2, 0.25) is 0 Å². The summed E-state index contributed by atoms with van der Waals surface area (Å²) in [5, 5.41) is 17.0. The van der Waals surface area contributed by atoms with Crippen LogP contribution in [0, 0.1) is 13.8 Å². The summed E-state index contributed by atoms with van der Waals surface area (Å²) in [5.74, 6) is 0.570. The van der Waals surface area contributed by atoms with Crippen molar-refractivity contribution in [3.63, 3.8) is 0 Å². The molecule has 2 atom stereocenters. The summed E-state index contributed by atoms with van der Waals surface area (Å²) >= 11 is 0. The van der Waals surface area contributed by atoms with Crippen LogP contribution in [0.4, 0.5) is 5.95 Å². The second-order valence-electron chi connectivity index (χ2n) is 8.23. The molecule has 0 saturated carbocycles. The second-order valence-corrected chi connectivity index (χ2v) is 8.23. The number of aromatic nitrogens is 3. The van der Waals surface area contributed by atoms with E-state index in [-0.39, 0.29) is 29.3 Å². The number of aryl methyl sites for hydroxylation is 1. The van der Waals surface area contributed by atoms with Crippen LogP contribution in [0.1, 0.15) is 11.1 Å². The third-order valence-electron chi connectivity index (χ3n) is 6.12. The average molecular weight is 466 g/mol. The Kier molecular flexibility index (Phi) is 6.25. The van der Waals surface area contributed by atoms with Gasteiger partial charge in [0.1, 0.15) is 17.1 Å². The summed E-state index contributed by atoms with van der Waals surface area (Å²) in [5.41, 5.74) is 2.55. The van der Waals surface area contributed by atoms with Crippen LogP contribution in [0.25, 0.3) is 22.2 Å². The smallest absolute Gasteiger partial charge is 0.259 e. The molecule has 2 unspecified atom stereocenters. The fourth-order valence-corrected chi connectivity index (χ4v) is 4.23. The van der Waals surface area contributed by atoms with Gasteiger partial charge < -0.3 is 25.2 Å². The van der Waals surface area contributed by atoms with Gasteiger partial charge in [0.2, 0.25) is 11.9 Å². The summed E-state index contributed by atoms with van der Waals surface area (Å²) in [6, 6.07) is 2.77. The molecule has 10 heteroatoms. The minimum atomic E-state index is -0.286. The van der Waals surface area contributed by atoms with Crippen molar-refractivity contribution in [1.29, 1.82) is 0 Å². The molecular formula is C24H27N5O5. The molecule has 1 aliphatic rings. The maximum absolute atomic E-state index is 13.3. The number of nitrogens with zero attached hydrogens (tertiary/aromatic N) is 3. The predicted molar refractivity (Wildman–Crippen MR) is 128 cm³/mol. The lowest BCUT2D eigenvalue weighted by Crippen LogP contribution is -2.45. The number of carbonyl (C=O) groups is 1. The largest absolute Gasteiger partial charge is 0.508 e. The van der Waals surface area contributed by atoms with Gasteiger partial charge >= 0.3 is 0 Å². The fourth-order valence-electron chi connectivity index (χ4n) is 4.23. The number of phenolic OH excluding ortho intramolecular Hbond substituents is 1. The Morgan fingerprint density at radius 2 is 2.03 bits per heavy atom. The normalized spacial score (nSPS) is 17.5. The SMILES string of the molecule is C=CC(=O)NC1COCC1Nc1ncc2cc(-c3c(C)c(O)cc(OC)c3C)c(=O)n(C)c2n1. The van der Waals surface area contributed by atoms with Crippen molar-refractivity contribution in [3.05, 3.63) is 52.5 Å². The van der Waals surface area contributed by atoms with E-state index in [0.29, 0.717) is 52.6 Å². The van der Waals surface area contributed by atoms with Gasteiger partial charge in [0, 0.05) is 35.8 Å². The number of aromatic hydroxyl groups is 1. The minimum absolute atomic E-state index is 0.0484. The predicted octanol–water partition coefficient (Wildman–Crippen LogP) is 1.81. The van der Waals surface area contributed by atoms with E-state index >= 15 is 0 Å². The number of pyridine rings is 1. The number of methoxy groups -OCH3 is 1. The quantitative estimate of drug-likeness (QED) is 0.471. The number of fused-ring (bicyclic) bond motifs is 1. The Morgan fingerprint density at radius 3 is 2.74 bits per heavy atom. The first-order valence-corrected chi connectivity index (χ1v) is 10.8. The van der Waals surface area contributed by atoms with Crippen LogP contribution >= 0.6 is 0 Å². The van der Waals surface area contributed by atoms with Gasteiger partial charge in [-0.1, -0.05) is 6.58 Å². The third-order valence-corrected chi connectivity index (χ3v) is 6.12. The molecule has 1 fully saturated rings. The Bertz CT molecular complexity index is 1350. The highest BCUT2D eigenvalue weighted by Crippen LogP contribution is 2.37. The van der Waals surface area contributed by atoms with Crippen LogP contribution in [0.3, 0.4) is 0 Å². The van der Waals surface area contributed by atoms with Gasteiger partial charge in [0.05, 0.1) is 32.4 Å². The molecule has 1 amide bonds. The molecule has 0 aliphatic carbocycles. The Balaban J connectivity index is 1.74. The maximum Gasteiger partial charge on any atom is 0.259 e. The summed E-state index contributed by atoms with van der Waals surface area (Å²) in [7, 11) is 3.16. The molecule has 10 nitrogen and oxygen atoms in total. The fraction of sp³-hybridized carbons (Fsp3) is 0.333. The molecule has 1 aromatic carbocycles. The van der Waals surface area contributed by atoms with Gasteiger partial charge in [-0.15, -0.1) is 0 Å². The topological polar surface area (TPSA) is 128 Å².